The van der Waals surface area contributed by atoms with Crippen LogP contribution in [0.4, 0.5) is 0 Å². The van der Waals surface area contributed by atoms with Gasteiger partial charge in [-0.3, -0.25) is 0 Å². The molecule has 17 heteroatoms. The van der Waals surface area contributed by atoms with Gasteiger partial charge >= 0.3 is 29.3 Å². The van der Waals surface area contributed by atoms with E-state index in [4.69, 9.17) is 60.3 Å². The van der Waals surface area contributed by atoms with Crippen LogP contribution in [0.15, 0.2) is 0 Å². The molecule has 0 aromatic carbocycles. The van der Waals surface area contributed by atoms with Crippen LogP contribution in [0.2, 0.25) is 0 Å². The van der Waals surface area contributed by atoms with E-state index in [0.29, 0.717) is 0 Å². The van der Waals surface area contributed by atoms with Gasteiger partial charge in [0.05, 0.1) is 0 Å². The third-order valence-electron chi connectivity index (χ3n) is 0. The zero-order valence-electron chi connectivity index (χ0n) is 8.38. The van der Waals surface area contributed by atoms with Gasteiger partial charge < -0.3 is 60.3 Å². The van der Waals surface area contributed by atoms with Crippen LogP contribution in [0.25, 0.3) is 0 Å². The maximum absolute atomic E-state index is 7.17. The normalized spacial score (nSPS) is 6.35. The molecule has 0 atom stereocenters. The first-order valence-electron chi connectivity index (χ1n) is 3.10. The van der Waals surface area contributed by atoms with Crippen molar-refractivity contribution in [1.82, 2.24) is 0 Å². The van der Waals surface area contributed by atoms with Crippen LogP contribution < -0.4 is 0 Å². The summed E-state index contributed by atoms with van der Waals surface area (Å²) in [4.78, 5) is 0. The zero-order chi connectivity index (χ0) is 14.3. The van der Waals surface area contributed by atoms with Gasteiger partial charge in [0.25, 0.3) is 0 Å². The van der Waals surface area contributed by atoms with E-state index < -0.39 is 29.3 Å². The molecule has 0 bridgehead atoms. The molecule has 98 valence electrons. The second-order valence-electron chi connectivity index (χ2n) is 1.39. The summed E-state index contributed by atoms with van der Waals surface area (Å²) in [5.74, 6) is 0. The van der Waals surface area contributed by atoms with Crippen LogP contribution >= 0.6 is 0 Å². The van der Waals surface area contributed by atoms with Gasteiger partial charge in [0, 0.05) is 27.3 Å². The summed E-state index contributed by atoms with van der Waals surface area (Å²) in [6.07, 6.45) is 0. The maximum atomic E-state index is 7.17. The molecule has 0 saturated carbocycles. The molecule has 0 fully saturated rings. The summed E-state index contributed by atoms with van der Waals surface area (Å²) in [6, 6.07) is 0. The minimum absolute atomic E-state index is 0. The predicted molar refractivity (Wildman–Crippen MR) is 49.6 cm³/mol. The summed E-state index contributed by atoms with van der Waals surface area (Å²) >= 11 is 0. The van der Waals surface area contributed by atoms with Crippen molar-refractivity contribution >= 4 is 29.3 Å². The van der Waals surface area contributed by atoms with Crippen molar-refractivity contribution in [1.29, 1.82) is 0 Å². The largest absolute Gasteiger partial charge is 0.631 e. The van der Waals surface area contributed by atoms with Crippen LogP contribution in [0.1, 0.15) is 0 Å². The summed E-state index contributed by atoms with van der Waals surface area (Å²) in [5, 5.41) is 86.0. The molecule has 12 nitrogen and oxygen atoms in total. The van der Waals surface area contributed by atoms with E-state index >= 15 is 0 Å². The van der Waals surface area contributed by atoms with Crippen molar-refractivity contribution in [2.45, 2.75) is 0 Å². The third kappa shape index (κ3) is 7330. The molecular weight excluding hydrogens is 348 g/mol. The molecular formula is H12B4CdO12. The third-order valence-corrected chi connectivity index (χ3v) is 0. The van der Waals surface area contributed by atoms with Gasteiger partial charge in [-0.1, -0.05) is 0 Å². The van der Waals surface area contributed by atoms with Crippen LogP contribution in [0.5, 0.6) is 0 Å². The van der Waals surface area contributed by atoms with Crippen molar-refractivity contribution < 1.29 is 87.6 Å². The summed E-state index contributed by atoms with van der Waals surface area (Å²) in [5.41, 5.74) is 0. The minimum Gasteiger partial charge on any atom is -0.402 e. The predicted octanol–water partition coefficient (Wildman–Crippen LogP) is -8.21. The molecule has 0 rings (SSSR count). The Bertz CT molecular complexity index is 61.5. The van der Waals surface area contributed by atoms with E-state index in [0.717, 1.165) is 0 Å². The average molecular weight is 360 g/mol. The Balaban J connectivity index is -0.0000000369. The monoisotopic (exact) mass is 362 g/mol. The topological polar surface area (TPSA) is 243 Å². The number of rotatable bonds is 0. The van der Waals surface area contributed by atoms with Crippen molar-refractivity contribution in [2.75, 3.05) is 0 Å². The standard InChI is InChI=1S/4BH3O3.Cd/c4*2-1(3)4;/h4*2-4H;. The molecule has 17 heavy (non-hydrogen) atoms. The Morgan fingerprint density at radius 3 is 0.294 bits per heavy atom. The Morgan fingerprint density at radius 1 is 0.294 bits per heavy atom. The van der Waals surface area contributed by atoms with E-state index in [1.807, 2.05) is 0 Å². The molecule has 0 aliphatic rings. The Kier molecular flexibility index (Phi) is 46.0. The van der Waals surface area contributed by atoms with Crippen LogP contribution in [0.3, 0.4) is 0 Å². The zero-order valence-corrected chi connectivity index (χ0v) is 12.4. The molecule has 0 heterocycles. The van der Waals surface area contributed by atoms with E-state index in [9.17, 15) is 0 Å². The van der Waals surface area contributed by atoms with Gasteiger partial charge in [0.2, 0.25) is 0 Å². The van der Waals surface area contributed by atoms with E-state index in [2.05, 4.69) is 0 Å². The van der Waals surface area contributed by atoms with Crippen LogP contribution in [0, 0.1) is 0 Å². The van der Waals surface area contributed by atoms with Gasteiger partial charge in [0.1, 0.15) is 0 Å². The van der Waals surface area contributed by atoms with E-state index in [1.165, 1.54) is 0 Å². The van der Waals surface area contributed by atoms with E-state index in [1.54, 1.807) is 0 Å². The van der Waals surface area contributed by atoms with Gasteiger partial charge in [-0.05, 0) is 0 Å². The fraction of sp³-hybridized carbons (Fsp3) is 0. The first kappa shape index (κ1) is 30.6. The van der Waals surface area contributed by atoms with Gasteiger partial charge in [-0.15, -0.1) is 0 Å². The Morgan fingerprint density at radius 2 is 0.294 bits per heavy atom. The fourth-order valence-corrected chi connectivity index (χ4v) is 0. The van der Waals surface area contributed by atoms with Gasteiger partial charge in [-0.25, -0.2) is 0 Å². The molecule has 0 saturated heterocycles. The SMILES string of the molecule is OB(O)O.OB(O)O.OB(O)O.OB(O)O.[Cd]. The summed E-state index contributed by atoms with van der Waals surface area (Å²) in [7, 11) is -8.67. The number of hydrogen-bond donors (Lipinski definition) is 12. The van der Waals surface area contributed by atoms with Crippen molar-refractivity contribution in [2.24, 2.45) is 0 Å². The fourth-order valence-electron chi connectivity index (χ4n) is 0. The summed E-state index contributed by atoms with van der Waals surface area (Å²) in [6.45, 7) is 0. The second kappa shape index (κ2) is 25.5. The molecule has 0 aliphatic heterocycles. The molecule has 12 N–H and O–H groups in total. The molecule has 0 radical (unpaired) electrons. The van der Waals surface area contributed by atoms with E-state index in [-0.39, 0.29) is 27.3 Å². The molecule has 0 amide bonds. The number of hydrogen-bond acceptors (Lipinski definition) is 12. The van der Waals surface area contributed by atoms with Crippen molar-refractivity contribution in [3.8, 4) is 0 Å². The summed E-state index contributed by atoms with van der Waals surface area (Å²) < 4.78 is 0. The molecule has 0 unspecified atom stereocenters. The second-order valence-corrected chi connectivity index (χ2v) is 1.39. The van der Waals surface area contributed by atoms with Gasteiger partial charge in [0.15, 0.2) is 0 Å². The Hall–Kier alpha value is 0.702. The minimum atomic E-state index is -2.17. The molecule has 0 aliphatic carbocycles. The smallest absolute Gasteiger partial charge is 0.402 e. The average Bonchev–Trinajstić information content (AvgIpc) is 1.76. The first-order chi connectivity index (χ1) is 6.93. The molecule has 0 spiro atoms. The maximum Gasteiger partial charge on any atom is 0.631 e. The van der Waals surface area contributed by atoms with Crippen molar-refractivity contribution in [3.63, 3.8) is 0 Å². The molecule has 0 aromatic heterocycles. The van der Waals surface area contributed by atoms with Gasteiger partial charge in [-0.2, -0.15) is 0 Å². The quantitative estimate of drug-likeness (QED) is 0.180. The Labute approximate surface area is 117 Å². The first-order valence-corrected chi connectivity index (χ1v) is 3.10. The van der Waals surface area contributed by atoms with Crippen molar-refractivity contribution in [3.05, 3.63) is 0 Å². The molecule has 0 aromatic rings. The van der Waals surface area contributed by atoms with Crippen LogP contribution in [-0.4, -0.2) is 89.6 Å². The van der Waals surface area contributed by atoms with Crippen LogP contribution in [-0.2, 0) is 27.3 Å².